The molecule has 0 aromatic heterocycles. The van der Waals surface area contributed by atoms with Crippen LogP contribution in [-0.2, 0) is 11.2 Å². The van der Waals surface area contributed by atoms with Gasteiger partial charge in [0, 0.05) is 6.42 Å². The first-order valence-corrected chi connectivity index (χ1v) is 8.12. The molecular formula is C20H24O2. The number of carboxylic acid groups (broad SMARTS) is 1. The first-order chi connectivity index (χ1) is 10.8. The molecule has 2 nitrogen and oxygen atoms in total. The van der Waals surface area contributed by atoms with Gasteiger partial charge in [-0.3, -0.25) is 4.79 Å². The minimum Gasteiger partial charge on any atom is -0.481 e. The first kappa shape index (κ1) is 16.3. The molecule has 0 unspecified atom stereocenters. The molecule has 2 heteroatoms. The summed E-state index contributed by atoms with van der Waals surface area (Å²) < 4.78 is 0. The zero-order valence-corrected chi connectivity index (χ0v) is 13.0. The van der Waals surface area contributed by atoms with Crippen LogP contribution in [0.1, 0.15) is 44.1 Å². The first-order valence-electron chi connectivity index (χ1n) is 8.12. The molecule has 0 saturated carbocycles. The second-order valence-corrected chi connectivity index (χ2v) is 5.68. The smallest absolute Gasteiger partial charge is 0.303 e. The molecule has 1 N–H and O–H groups in total. The molecule has 2 rings (SSSR count). The molecule has 0 aliphatic carbocycles. The zero-order chi connectivity index (χ0) is 15.6. The maximum absolute atomic E-state index is 10.4. The minimum atomic E-state index is -0.684. The van der Waals surface area contributed by atoms with Crippen molar-refractivity contribution in [2.45, 2.75) is 44.9 Å². The molecule has 22 heavy (non-hydrogen) atoms. The Bertz CT molecular complexity index is 575. The van der Waals surface area contributed by atoms with E-state index in [1.165, 1.54) is 23.1 Å². The third-order valence-corrected chi connectivity index (χ3v) is 3.94. The second-order valence-electron chi connectivity index (χ2n) is 5.68. The normalized spacial score (nSPS) is 10.5. The van der Waals surface area contributed by atoms with E-state index in [9.17, 15) is 4.79 Å². The minimum absolute atomic E-state index is 0.302. The summed E-state index contributed by atoms with van der Waals surface area (Å²) in [6.07, 6.45) is 6.67. The summed E-state index contributed by atoms with van der Waals surface area (Å²) >= 11 is 0. The lowest BCUT2D eigenvalue weighted by atomic mass is 9.95. The number of unbranched alkanes of at least 4 members (excludes halogenated alkanes) is 4. The zero-order valence-electron chi connectivity index (χ0n) is 13.0. The van der Waals surface area contributed by atoms with E-state index in [1.807, 2.05) is 6.07 Å². The van der Waals surface area contributed by atoms with Crippen LogP contribution in [0.4, 0.5) is 0 Å². The van der Waals surface area contributed by atoms with Crippen molar-refractivity contribution in [2.24, 2.45) is 0 Å². The summed E-state index contributed by atoms with van der Waals surface area (Å²) in [5.41, 5.74) is 4.01. The van der Waals surface area contributed by atoms with Gasteiger partial charge in [-0.05, 0) is 36.0 Å². The van der Waals surface area contributed by atoms with E-state index in [4.69, 9.17) is 5.11 Å². The van der Waals surface area contributed by atoms with E-state index in [0.717, 1.165) is 32.1 Å². The van der Waals surface area contributed by atoms with Gasteiger partial charge in [-0.25, -0.2) is 0 Å². The topological polar surface area (TPSA) is 37.3 Å². The highest BCUT2D eigenvalue weighted by Gasteiger charge is 2.04. The SMILES string of the molecule is O=C(O)CCCCCCCc1ccccc1-c1ccccc1. The Balaban J connectivity index is 1.80. The van der Waals surface area contributed by atoms with Gasteiger partial charge in [0.05, 0.1) is 0 Å². The number of rotatable bonds is 9. The summed E-state index contributed by atoms with van der Waals surface area (Å²) in [5.74, 6) is -0.684. The molecular weight excluding hydrogens is 272 g/mol. The van der Waals surface area contributed by atoms with Crippen LogP contribution in [0.15, 0.2) is 54.6 Å². The number of hydrogen-bond acceptors (Lipinski definition) is 1. The monoisotopic (exact) mass is 296 g/mol. The van der Waals surface area contributed by atoms with Crippen LogP contribution in [0.5, 0.6) is 0 Å². The number of aliphatic carboxylic acids is 1. The van der Waals surface area contributed by atoms with Gasteiger partial charge in [-0.1, -0.05) is 73.9 Å². The van der Waals surface area contributed by atoms with Gasteiger partial charge in [0.1, 0.15) is 0 Å². The number of carbonyl (C=O) groups is 1. The summed E-state index contributed by atoms with van der Waals surface area (Å²) in [7, 11) is 0. The lowest BCUT2D eigenvalue weighted by Gasteiger charge is -2.09. The van der Waals surface area contributed by atoms with Crippen molar-refractivity contribution < 1.29 is 9.90 Å². The Labute approximate surface area is 132 Å². The standard InChI is InChI=1S/C20H24O2/c21-20(22)16-8-3-1-2-5-11-18-14-9-10-15-19(18)17-12-6-4-7-13-17/h4,6-7,9-10,12-15H,1-3,5,8,11,16H2,(H,21,22). The quantitative estimate of drug-likeness (QED) is 0.636. The lowest BCUT2D eigenvalue weighted by molar-refractivity contribution is -0.137. The molecule has 0 amide bonds. The van der Waals surface area contributed by atoms with Gasteiger partial charge in [-0.15, -0.1) is 0 Å². The molecule has 0 radical (unpaired) electrons. The number of aryl methyl sites for hydroxylation is 1. The van der Waals surface area contributed by atoms with Crippen LogP contribution in [0.25, 0.3) is 11.1 Å². The van der Waals surface area contributed by atoms with Crippen molar-refractivity contribution in [3.8, 4) is 11.1 Å². The van der Waals surface area contributed by atoms with Crippen molar-refractivity contribution in [3.63, 3.8) is 0 Å². The van der Waals surface area contributed by atoms with Crippen LogP contribution in [0.2, 0.25) is 0 Å². The molecule has 2 aromatic carbocycles. The Morgan fingerprint density at radius 1 is 0.773 bits per heavy atom. The third-order valence-electron chi connectivity index (χ3n) is 3.94. The molecule has 0 aliphatic rings. The van der Waals surface area contributed by atoms with Crippen LogP contribution < -0.4 is 0 Å². The summed E-state index contributed by atoms with van der Waals surface area (Å²) in [4.78, 5) is 10.4. The van der Waals surface area contributed by atoms with Crippen LogP contribution >= 0.6 is 0 Å². The van der Waals surface area contributed by atoms with Gasteiger partial charge in [-0.2, -0.15) is 0 Å². The molecule has 0 atom stereocenters. The molecule has 0 fully saturated rings. The van der Waals surface area contributed by atoms with Gasteiger partial charge >= 0.3 is 5.97 Å². The van der Waals surface area contributed by atoms with Crippen molar-refractivity contribution in [1.82, 2.24) is 0 Å². The van der Waals surface area contributed by atoms with Crippen molar-refractivity contribution in [2.75, 3.05) is 0 Å². The highest BCUT2D eigenvalue weighted by Crippen LogP contribution is 2.24. The van der Waals surface area contributed by atoms with Crippen molar-refractivity contribution in [3.05, 3.63) is 60.2 Å². The molecule has 0 heterocycles. The molecule has 2 aromatic rings. The second kappa shape index (κ2) is 9.04. The lowest BCUT2D eigenvalue weighted by Crippen LogP contribution is -1.94. The highest BCUT2D eigenvalue weighted by atomic mass is 16.4. The Kier molecular flexibility index (Phi) is 6.69. The summed E-state index contributed by atoms with van der Waals surface area (Å²) in [6, 6.07) is 19.1. The van der Waals surface area contributed by atoms with Crippen LogP contribution in [0.3, 0.4) is 0 Å². The fraction of sp³-hybridized carbons (Fsp3) is 0.350. The van der Waals surface area contributed by atoms with Crippen LogP contribution in [0, 0.1) is 0 Å². The van der Waals surface area contributed by atoms with Crippen molar-refractivity contribution >= 4 is 5.97 Å². The molecule has 0 bridgehead atoms. The average Bonchev–Trinajstić information content (AvgIpc) is 2.55. The van der Waals surface area contributed by atoms with E-state index in [2.05, 4.69) is 48.5 Å². The number of benzene rings is 2. The number of carboxylic acids is 1. The highest BCUT2D eigenvalue weighted by molar-refractivity contribution is 5.67. The van der Waals surface area contributed by atoms with E-state index < -0.39 is 5.97 Å². The van der Waals surface area contributed by atoms with Gasteiger partial charge in [0.25, 0.3) is 0 Å². The van der Waals surface area contributed by atoms with Gasteiger partial charge in [0.2, 0.25) is 0 Å². The third kappa shape index (κ3) is 5.36. The molecule has 0 aliphatic heterocycles. The van der Waals surface area contributed by atoms with E-state index in [0.29, 0.717) is 6.42 Å². The van der Waals surface area contributed by atoms with E-state index >= 15 is 0 Å². The fourth-order valence-corrected chi connectivity index (χ4v) is 2.76. The molecule has 0 spiro atoms. The molecule has 0 saturated heterocycles. The fourth-order valence-electron chi connectivity index (χ4n) is 2.76. The van der Waals surface area contributed by atoms with Gasteiger partial charge < -0.3 is 5.11 Å². The summed E-state index contributed by atoms with van der Waals surface area (Å²) in [6.45, 7) is 0. The largest absolute Gasteiger partial charge is 0.481 e. The average molecular weight is 296 g/mol. The van der Waals surface area contributed by atoms with Crippen LogP contribution in [-0.4, -0.2) is 11.1 Å². The Hall–Kier alpha value is -2.09. The van der Waals surface area contributed by atoms with E-state index in [1.54, 1.807) is 0 Å². The van der Waals surface area contributed by atoms with Gasteiger partial charge in [0.15, 0.2) is 0 Å². The van der Waals surface area contributed by atoms with Crippen molar-refractivity contribution in [1.29, 1.82) is 0 Å². The maximum atomic E-state index is 10.4. The summed E-state index contributed by atoms with van der Waals surface area (Å²) in [5, 5.41) is 8.60. The Morgan fingerprint density at radius 3 is 2.18 bits per heavy atom. The Morgan fingerprint density at radius 2 is 1.41 bits per heavy atom. The maximum Gasteiger partial charge on any atom is 0.303 e. The number of hydrogen-bond donors (Lipinski definition) is 1. The molecule has 116 valence electrons. The predicted octanol–water partition coefficient (Wildman–Crippen LogP) is 5.32. The predicted molar refractivity (Wildman–Crippen MR) is 90.9 cm³/mol. The van der Waals surface area contributed by atoms with E-state index in [-0.39, 0.29) is 0 Å².